The molecule has 0 aromatic carbocycles. The highest BCUT2D eigenvalue weighted by atomic mass is 32.2. The maximum atomic E-state index is 12.4. The van der Waals surface area contributed by atoms with Crippen LogP contribution >= 0.6 is 0 Å². The molecule has 2 nitrogen and oxygen atoms in total. The van der Waals surface area contributed by atoms with Crippen LogP contribution in [0.1, 0.15) is 59.3 Å². The Morgan fingerprint density at radius 1 is 0.867 bits per heavy atom. The van der Waals surface area contributed by atoms with Crippen molar-refractivity contribution in [1.29, 1.82) is 0 Å². The molecule has 0 fully saturated rings. The van der Waals surface area contributed by atoms with Gasteiger partial charge in [0.05, 0.1) is 0 Å². The van der Waals surface area contributed by atoms with E-state index in [1.807, 2.05) is 0 Å². The van der Waals surface area contributed by atoms with Gasteiger partial charge in [0.1, 0.15) is 0 Å². The maximum absolute atomic E-state index is 12.4. The van der Waals surface area contributed by atoms with Crippen LogP contribution in [0.3, 0.4) is 0 Å². The van der Waals surface area contributed by atoms with E-state index in [4.69, 9.17) is 0 Å². The molecule has 0 rings (SSSR count). The average molecular weight is 233 g/mol. The van der Waals surface area contributed by atoms with Crippen LogP contribution in [0.15, 0.2) is 4.36 Å². The van der Waals surface area contributed by atoms with Gasteiger partial charge >= 0.3 is 0 Å². The number of hydrogen-bond donors (Lipinski definition) is 0. The second-order valence-electron chi connectivity index (χ2n) is 4.09. The first-order valence-electron chi connectivity index (χ1n) is 6.36. The molecule has 0 aliphatic rings. The second kappa shape index (κ2) is 9.20. The largest absolute Gasteiger partial charge is 0.250 e. The zero-order chi connectivity index (χ0) is 11.6. The zero-order valence-electron chi connectivity index (χ0n) is 10.6. The molecule has 15 heavy (non-hydrogen) atoms. The summed E-state index contributed by atoms with van der Waals surface area (Å²) < 4.78 is 16.9. The van der Waals surface area contributed by atoms with Crippen molar-refractivity contribution < 1.29 is 4.21 Å². The smallest absolute Gasteiger partial charge is 0.0484 e. The highest BCUT2D eigenvalue weighted by Gasteiger charge is 2.07. The van der Waals surface area contributed by atoms with Crippen molar-refractivity contribution in [2.24, 2.45) is 4.36 Å². The van der Waals surface area contributed by atoms with Gasteiger partial charge in [-0.2, -0.15) is 0 Å². The summed E-state index contributed by atoms with van der Waals surface area (Å²) in [4.78, 5) is 0. The van der Waals surface area contributed by atoms with Gasteiger partial charge < -0.3 is 0 Å². The van der Waals surface area contributed by atoms with E-state index < -0.39 is 9.73 Å². The van der Waals surface area contributed by atoms with E-state index in [1.165, 1.54) is 0 Å². The molecule has 0 aliphatic carbocycles. The first kappa shape index (κ1) is 14.9. The molecule has 0 N–H and O–H groups in total. The minimum Gasteiger partial charge on any atom is -0.250 e. The fraction of sp³-hybridized carbons (Fsp3) is 1.00. The SMILES string of the molecule is CCCCN=S(=O)(CCCC)CCCC. The quantitative estimate of drug-likeness (QED) is 0.556. The Balaban J connectivity index is 4.25. The molecule has 0 aromatic heterocycles. The van der Waals surface area contributed by atoms with Crippen LogP contribution in [0.2, 0.25) is 0 Å². The molecule has 0 aromatic rings. The molecule has 0 aliphatic heterocycles. The van der Waals surface area contributed by atoms with Gasteiger partial charge in [-0.15, -0.1) is 0 Å². The van der Waals surface area contributed by atoms with E-state index in [2.05, 4.69) is 25.1 Å². The Morgan fingerprint density at radius 3 is 1.73 bits per heavy atom. The first-order chi connectivity index (χ1) is 7.18. The number of hydrogen-bond acceptors (Lipinski definition) is 2. The Hall–Kier alpha value is -0.0500. The van der Waals surface area contributed by atoms with Crippen LogP contribution < -0.4 is 0 Å². The van der Waals surface area contributed by atoms with Gasteiger partial charge in [-0.05, 0) is 19.3 Å². The predicted molar refractivity (Wildman–Crippen MR) is 69.9 cm³/mol. The molecule has 0 amide bonds. The van der Waals surface area contributed by atoms with Crippen LogP contribution in [0.5, 0.6) is 0 Å². The van der Waals surface area contributed by atoms with E-state index in [9.17, 15) is 4.21 Å². The summed E-state index contributed by atoms with van der Waals surface area (Å²) >= 11 is 0. The third-order valence-corrected chi connectivity index (χ3v) is 4.98. The van der Waals surface area contributed by atoms with E-state index in [0.29, 0.717) is 0 Å². The normalized spacial score (nSPS) is 11.7. The van der Waals surface area contributed by atoms with Gasteiger partial charge in [0.15, 0.2) is 0 Å². The summed E-state index contributed by atoms with van der Waals surface area (Å²) in [5.74, 6) is 1.63. The molecular weight excluding hydrogens is 206 g/mol. The van der Waals surface area contributed by atoms with E-state index in [1.54, 1.807) is 0 Å². The number of unbranched alkanes of at least 4 members (excludes halogenated alkanes) is 3. The molecule has 92 valence electrons. The van der Waals surface area contributed by atoms with Crippen LogP contribution in [0.25, 0.3) is 0 Å². The van der Waals surface area contributed by atoms with Gasteiger partial charge in [0, 0.05) is 27.8 Å². The Kier molecular flexibility index (Phi) is 9.17. The lowest BCUT2D eigenvalue weighted by Crippen LogP contribution is -2.11. The monoisotopic (exact) mass is 233 g/mol. The summed E-state index contributed by atoms with van der Waals surface area (Å²) in [5.41, 5.74) is 0. The lowest BCUT2D eigenvalue weighted by molar-refractivity contribution is 0.664. The highest BCUT2D eigenvalue weighted by molar-refractivity contribution is 7.93. The van der Waals surface area contributed by atoms with Crippen molar-refractivity contribution in [3.05, 3.63) is 0 Å². The first-order valence-corrected chi connectivity index (χ1v) is 8.22. The van der Waals surface area contributed by atoms with E-state index >= 15 is 0 Å². The Bertz CT molecular complexity index is 228. The summed E-state index contributed by atoms with van der Waals surface area (Å²) in [6.45, 7) is 7.23. The summed E-state index contributed by atoms with van der Waals surface area (Å²) in [6, 6.07) is 0. The van der Waals surface area contributed by atoms with Crippen LogP contribution in [0.4, 0.5) is 0 Å². The van der Waals surface area contributed by atoms with E-state index in [-0.39, 0.29) is 0 Å². The van der Waals surface area contributed by atoms with Crippen LogP contribution in [0, 0.1) is 0 Å². The number of rotatable bonds is 9. The van der Waals surface area contributed by atoms with Gasteiger partial charge in [-0.25, -0.2) is 8.57 Å². The molecule has 0 heterocycles. The fourth-order valence-electron chi connectivity index (χ4n) is 1.36. The second-order valence-corrected chi connectivity index (χ2v) is 6.71. The van der Waals surface area contributed by atoms with Crippen LogP contribution in [-0.2, 0) is 9.73 Å². The summed E-state index contributed by atoms with van der Waals surface area (Å²) in [5, 5.41) is 0. The average Bonchev–Trinajstić information content (AvgIpc) is 2.24. The third-order valence-electron chi connectivity index (χ3n) is 2.47. The molecule has 0 bridgehead atoms. The standard InChI is InChI=1S/C12H27NOS/c1-4-7-10-13-15(14,11-8-5-2)12-9-6-3/h4-12H2,1-3H3. The molecule has 0 saturated heterocycles. The topological polar surface area (TPSA) is 29.4 Å². The van der Waals surface area contributed by atoms with Crippen molar-refractivity contribution in [2.45, 2.75) is 59.3 Å². The summed E-state index contributed by atoms with van der Waals surface area (Å²) in [6.07, 6.45) is 6.56. The fourth-order valence-corrected chi connectivity index (χ4v) is 3.76. The van der Waals surface area contributed by atoms with Crippen molar-refractivity contribution >= 4 is 9.73 Å². The van der Waals surface area contributed by atoms with Crippen molar-refractivity contribution in [3.8, 4) is 0 Å². The summed E-state index contributed by atoms with van der Waals surface area (Å²) in [7, 11) is -1.86. The molecule has 0 unspecified atom stereocenters. The minimum absolute atomic E-state index is 0.794. The molecule has 0 radical (unpaired) electrons. The molecular formula is C12H27NOS. The van der Waals surface area contributed by atoms with Crippen molar-refractivity contribution in [3.63, 3.8) is 0 Å². The highest BCUT2D eigenvalue weighted by Crippen LogP contribution is 2.06. The predicted octanol–water partition coefficient (Wildman–Crippen LogP) is 3.85. The lowest BCUT2D eigenvalue weighted by Gasteiger charge is -2.09. The van der Waals surface area contributed by atoms with Gasteiger partial charge in [0.25, 0.3) is 0 Å². The number of nitrogens with zero attached hydrogens (tertiary/aromatic N) is 1. The maximum Gasteiger partial charge on any atom is 0.0484 e. The van der Waals surface area contributed by atoms with Gasteiger partial charge in [-0.3, -0.25) is 0 Å². The molecule has 0 spiro atoms. The van der Waals surface area contributed by atoms with Gasteiger partial charge in [-0.1, -0.05) is 40.0 Å². The Morgan fingerprint density at radius 2 is 1.33 bits per heavy atom. The molecule has 0 atom stereocenters. The molecule has 3 heteroatoms. The van der Waals surface area contributed by atoms with Crippen molar-refractivity contribution in [2.75, 3.05) is 18.1 Å². The van der Waals surface area contributed by atoms with Gasteiger partial charge in [0.2, 0.25) is 0 Å². The van der Waals surface area contributed by atoms with Crippen LogP contribution in [-0.4, -0.2) is 22.3 Å². The van der Waals surface area contributed by atoms with E-state index in [0.717, 1.165) is 56.6 Å². The Labute approximate surface area is 96.0 Å². The minimum atomic E-state index is -1.86. The molecule has 0 saturated carbocycles. The lowest BCUT2D eigenvalue weighted by atomic mass is 10.3. The zero-order valence-corrected chi connectivity index (χ0v) is 11.4. The third kappa shape index (κ3) is 7.83. The van der Waals surface area contributed by atoms with Crippen molar-refractivity contribution in [1.82, 2.24) is 0 Å².